The summed E-state index contributed by atoms with van der Waals surface area (Å²) in [6, 6.07) is 3.65. The summed E-state index contributed by atoms with van der Waals surface area (Å²) in [6.07, 6.45) is 6.15. The van der Waals surface area contributed by atoms with Crippen molar-refractivity contribution >= 4 is 0 Å². The molecule has 0 fully saturated rings. The standard InChI is InChI=1S/C10H17NO.H2O/c1-2-3-4-5-6-9-7-8-10(12)11-9;/h7-8,11-12H,2-6H2,1H3;1H2. The number of H-pyrrole nitrogens is 1. The van der Waals surface area contributed by atoms with Crippen molar-refractivity contribution in [2.45, 2.75) is 39.0 Å². The van der Waals surface area contributed by atoms with Crippen molar-refractivity contribution in [2.24, 2.45) is 0 Å². The van der Waals surface area contributed by atoms with Crippen LogP contribution in [-0.2, 0) is 6.42 Å². The fraction of sp³-hybridized carbons (Fsp3) is 0.600. The molecule has 3 nitrogen and oxygen atoms in total. The van der Waals surface area contributed by atoms with Crippen LogP contribution in [0.5, 0.6) is 5.88 Å². The van der Waals surface area contributed by atoms with Crippen LogP contribution < -0.4 is 0 Å². The van der Waals surface area contributed by atoms with E-state index in [1.54, 1.807) is 6.07 Å². The van der Waals surface area contributed by atoms with Gasteiger partial charge in [-0.2, -0.15) is 0 Å². The molecule has 0 atom stereocenters. The van der Waals surface area contributed by atoms with Gasteiger partial charge in [0.15, 0.2) is 5.88 Å². The van der Waals surface area contributed by atoms with Crippen LogP contribution in [0.2, 0.25) is 0 Å². The van der Waals surface area contributed by atoms with E-state index in [9.17, 15) is 0 Å². The number of aryl methyl sites for hydroxylation is 1. The Morgan fingerprint density at radius 2 is 2.00 bits per heavy atom. The van der Waals surface area contributed by atoms with Crippen molar-refractivity contribution in [1.82, 2.24) is 4.98 Å². The highest BCUT2D eigenvalue weighted by atomic mass is 16.3. The molecule has 3 heteroatoms. The molecule has 0 aromatic carbocycles. The first-order chi connectivity index (χ1) is 5.83. The van der Waals surface area contributed by atoms with Gasteiger partial charge < -0.3 is 15.6 Å². The molecule has 0 aliphatic rings. The van der Waals surface area contributed by atoms with Crippen molar-refractivity contribution in [3.8, 4) is 5.88 Å². The van der Waals surface area contributed by atoms with Crippen molar-refractivity contribution in [3.63, 3.8) is 0 Å². The van der Waals surface area contributed by atoms with Gasteiger partial charge in [0.25, 0.3) is 0 Å². The number of aromatic hydroxyl groups is 1. The average molecular weight is 185 g/mol. The molecule has 0 aliphatic carbocycles. The third-order valence-electron chi connectivity index (χ3n) is 2.03. The lowest BCUT2D eigenvalue weighted by Gasteiger charge is -1.96. The van der Waals surface area contributed by atoms with E-state index in [4.69, 9.17) is 5.11 Å². The largest absolute Gasteiger partial charge is 0.495 e. The second-order valence-corrected chi connectivity index (χ2v) is 3.18. The molecule has 0 amide bonds. The van der Waals surface area contributed by atoms with Crippen LogP contribution >= 0.6 is 0 Å². The smallest absolute Gasteiger partial charge is 0.188 e. The van der Waals surface area contributed by atoms with Gasteiger partial charge in [-0.25, -0.2) is 0 Å². The molecule has 0 saturated heterocycles. The lowest BCUT2D eigenvalue weighted by atomic mass is 10.1. The zero-order valence-electron chi connectivity index (χ0n) is 8.14. The van der Waals surface area contributed by atoms with Gasteiger partial charge in [-0.1, -0.05) is 26.2 Å². The second kappa shape index (κ2) is 6.54. The van der Waals surface area contributed by atoms with Crippen LogP contribution in [0.1, 0.15) is 38.3 Å². The zero-order valence-corrected chi connectivity index (χ0v) is 8.14. The van der Waals surface area contributed by atoms with Crippen LogP contribution in [0.25, 0.3) is 0 Å². The molecular formula is C10H19NO2. The number of aromatic nitrogens is 1. The van der Waals surface area contributed by atoms with E-state index in [0.29, 0.717) is 0 Å². The summed E-state index contributed by atoms with van der Waals surface area (Å²) in [6.45, 7) is 2.21. The molecule has 0 radical (unpaired) electrons. The highest BCUT2D eigenvalue weighted by Crippen LogP contribution is 2.11. The summed E-state index contributed by atoms with van der Waals surface area (Å²) in [5.41, 5.74) is 1.14. The van der Waals surface area contributed by atoms with Gasteiger partial charge in [-0.15, -0.1) is 0 Å². The minimum Gasteiger partial charge on any atom is -0.495 e. The lowest BCUT2D eigenvalue weighted by molar-refractivity contribution is 0.455. The molecule has 1 aromatic rings. The minimum absolute atomic E-state index is 0. The average Bonchev–Trinajstić information content (AvgIpc) is 2.45. The van der Waals surface area contributed by atoms with E-state index < -0.39 is 0 Å². The van der Waals surface area contributed by atoms with Gasteiger partial charge in [0.05, 0.1) is 0 Å². The summed E-state index contributed by atoms with van der Waals surface area (Å²) >= 11 is 0. The monoisotopic (exact) mass is 185 g/mol. The second-order valence-electron chi connectivity index (χ2n) is 3.18. The normalized spacial score (nSPS) is 9.62. The summed E-state index contributed by atoms with van der Waals surface area (Å²) in [5, 5.41) is 9.00. The molecule has 4 N–H and O–H groups in total. The minimum atomic E-state index is 0. The molecule has 13 heavy (non-hydrogen) atoms. The van der Waals surface area contributed by atoms with Gasteiger partial charge in [0.2, 0.25) is 0 Å². The van der Waals surface area contributed by atoms with Crippen LogP contribution in [0, 0.1) is 0 Å². The van der Waals surface area contributed by atoms with E-state index in [2.05, 4.69) is 11.9 Å². The Kier molecular flexibility index (Phi) is 6.06. The van der Waals surface area contributed by atoms with Gasteiger partial charge in [0.1, 0.15) is 0 Å². The first-order valence-corrected chi connectivity index (χ1v) is 4.69. The third kappa shape index (κ3) is 4.58. The quantitative estimate of drug-likeness (QED) is 0.677. The van der Waals surface area contributed by atoms with E-state index in [0.717, 1.165) is 12.1 Å². The highest BCUT2D eigenvalue weighted by molar-refractivity contribution is 5.16. The summed E-state index contributed by atoms with van der Waals surface area (Å²) in [5.74, 6) is 0.278. The maximum atomic E-state index is 9.00. The molecule has 0 unspecified atom stereocenters. The SMILES string of the molecule is CCCCCCc1ccc(O)[nH]1.O. The Morgan fingerprint density at radius 1 is 1.23 bits per heavy atom. The first kappa shape index (κ1) is 12.0. The predicted molar refractivity (Wildman–Crippen MR) is 53.9 cm³/mol. The third-order valence-corrected chi connectivity index (χ3v) is 2.03. The Morgan fingerprint density at radius 3 is 2.54 bits per heavy atom. The van der Waals surface area contributed by atoms with Crippen molar-refractivity contribution in [3.05, 3.63) is 17.8 Å². The fourth-order valence-corrected chi connectivity index (χ4v) is 1.32. The van der Waals surface area contributed by atoms with Gasteiger partial charge in [0, 0.05) is 5.69 Å². The lowest BCUT2D eigenvalue weighted by Crippen LogP contribution is -1.84. The van der Waals surface area contributed by atoms with Gasteiger partial charge in [-0.05, 0) is 25.0 Å². The van der Waals surface area contributed by atoms with Crippen LogP contribution in [0.3, 0.4) is 0 Å². The maximum Gasteiger partial charge on any atom is 0.188 e. The van der Waals surface area contributed by atoms with Crippen LogP contribution in [0.4, 0.5) is 0 Å². The summed E-state index contributed by atoms with van der Waals surface area (Å²) < 4.78 is 0. The highest BCUT2D eigenvalue weighted by Gasteiger charge is 1.95. The van der Waals surface area contributed by atoms with Crippen molar-refractivity contribution in [1.29, 1.82) is 0 Å². The number of rotatable bonds is 5. The van der Waals surface area contributed by atoms with Gasteiger partial charge >= 0.3 is 0 Å². The summed E-state index contributed by atoms with van der Waals surface area (Å²) in [7, 11) is 0. The predicted octanol–water partition coefficient (Wildman–Crippen LogP) is 2.02. The molecular weight excluding hydrogens is 166 g/mol. The van der Waals surface area contributed by atoms with E-state index in [1.807, 2.05) is 6.07 Å². The number of nitrogens with one attached hydrogen (secondary N) is 1. The van der Waals surface area contributed by atoms with Crippen molar-refractivity contribution < 1.29 is 10.6 Å². The molecule has 0 bridgehead atoms. The molecule has 76 valence electrons. The Hall–Kier alpha value is -0.960. The summed E-state index contributed by atoms with van der Waals surface area (Å²) in [4.78, 5) is 2.91. The van der Waals surface area contributed by atoms with Gasteiger partial charge in [-0.3, -0.25) is 0 Å². The molecule has 1 aromatic heterocycles. The molecule has 0 spiro atoms. The maximum absolute atomic E-state index is 9.00. The number of aromatic amines is 1. The molecule has 0 saturated carbocycles. The number of hydrogen-bond donors (Lipinski definition) is 2. The molecule has 1 rings (SSSR count). The van der Waals surface area contributed by atoms with E-state index in [-0.39, 0.29) is 11.4 Å². The van der Waals surface area contributed by atoms with E-state index >= 15 is 0 Å². The van der Waals surface area contributed by atoms with Crippen LogP contribution in [-0.4, -0.2) is 15.6 Å². The van der Waals surface area contributed by atoms with E-state index in [1.165, 1.54) is 25.7 Å². The topological polar surface area (TPSA) is 67.5 Å². The van der Waals surface area contributed by atoms with Crippen molar-refractivity contribution in [2.75, 3.05) is 0 Å². The first-order valence-electron chi connectivity index (χ1n) is 4.69. The Labute approximate surface area is 79.1 Å². The Balaban J connectivity index is 0.00000144. The fourth-order valence-electron chi connectivity index (χ4n) is 1.32. The Bertz CT molecular complexity index is 220. The molecule has 1 heterocycles. The van der Waals surface area contributed by atoms with Crippen LogP contribution in [0.15, 0.2) is 12.1 Å². The number of hydrogen-bond acceptors (Lipinski definition) is 1. The zero-order chi connectivity index (χ0) is 8.81. The molecule has 0 aliphatic heterocycles. The number of unbranched alkanes of at least 4 members (excludes halogenated alkanes) is 3.